The van der Waals surface area contributed by atoms with Gasteiger partial charge in [-0.1, -0.05) is 0 Å². The van der Waals surface area contributed by atoms with Crippen molar-refractivity contribution in [2.24, 2.45) is 11.7 Å². The third kappa shape index (κ3) is 2.87. The maximum absolute atomic E-state index is 12.4. The highest BCUT2D eigenvalue weighted by molar-refractivity contribution is 5.80. The molecule has 0 atom stereocenters. The van der Waals surface area contributed by atoms with Gasteiger partial charge in [0.2, 0.25) is 0 Å². The van der Waals surface area contributed by atoms with E-state index < -0.39 is 23.6 Å². The van der Waals surface area contributed by atoms with Crippen LogP contribution in [0.2, 0.25) is 0 Å². The first-order valence-corrected chi connectivity index (χ1v) is 5.32. The Balaban J connectivity index is 2.56. The summed E-state index contributed by atoms with van der Waals surface area (Å²) in [5, 5.41) is 0. The lowest BCUT2D eigenvalue weighted by atomic mass is 9.77. The second-order valence-electron chi connectivity index (χ2n) is 4.19. The summed E-state index contributed by atoms with van der Waals surface area (Å²) in [6.45, 7) is 1.84. The van der Waals surface area contributed by atoms with E-state index in [0.717, 1.165) is 0 Å². The standard InChI is InChI=1S/C10H16F3NO2/c1-2-16-8(15)9(14)5-3-7(4-6-9)10(11,12)13/h7H,2-6,14H2,1H3. The second-order valence-corrected chi connectivity index (χ2v) is 4.19. The van der Waals surface area contributed by atoms with E-state index in [2.05, 4.69) is 0 Å². The number of alkyl halides is 3. The Labute approximate surface area is 92.1 Å². The highest BCUT2D eigenvalue weighted by Gasteiger charge is 2.47. The smallest absolute Gasteiger partial charge is 0.391 e. The monoisotopic (exact) mass is 239 g/mol. The summed E-state index contributed by atoms with van der Waals surface area (Å²) in [5.41, 5.74) is 4.53. The van der Waals surface area contributed by atoms with Crippen LogP contribution in [-0.2, 0) is 9.53 Å². The maximum atomic E-state index is 12.4. The fraction of sp³-hybridized carbons (Fsp3) is 0.900. The molecule has 0 unspecified atom stereocenters. The summed E-state index contributed by atoms with van der Waals surface area (Å²) in [5.74, 6) is -1.92. The average Bonchev–Trinajstić information content (AvgIpc) is 2.17. The maximum Gasteiger partial charge on any atom is 0.391 e. The van der Waals surface area contributed by atoms with Crippen molar-refractivity contribution in [3.63, 3.8) is 0 Å². The first-order chi connectivity index (χ1) is 7.29. The SMILES string of the molecule is CCOC(=O)C1(N)CCC(C(F)(F)F)CC1. The van der Waals surface area contributed by atoms with E-state index >= 15 is 0 Å². The minimum Gasteiger partial charge on any atom is -0.465 e. The number of carbonyl (C=O) groups excluding carboxylic acids is 1. The van der Waals surface area contributed by atoms with Crippen molar-refractivity contribution in [3.8, 4) is 0 Å². The van der Waals surface area contributed by atoms with Crippen molar-refractivity contribution in [2.75, 3.05) is 6.61 Å². The van der Waals surface area contributed by atoms with Crippen LogP contribution in [0.1, 0.15) is 32.6 Å². The molecule has 1 saturated carbocycles. The molecule has 0 aliphatic heterocycles. The number of esters is 1. The van der Waals surface area contributed by atoms with Crippen molar-refractivity contribution >= 4 is 5.97 Å². The zero-order valence-corrected chi connectivity index (χ0v) is 9.14. The van der Waals surface area contributed by atoms with E-state index in [1.165, 1.54) is 0 Å². The van der Waals surface area contributed by atoms with Gasteiger partial charge in [0, 0.05) is 0 Å². The lowest BCUT2D eigenvalue weighted by Crippen LogP contribution is -2.52. The predicted octanol–water partition coefficient (Wildman–Crippen LogP) is 2.00. The fourth-order valence-electron chi connectivity index (χ4n) is 1.94. The van der Waals surface area contributed by atoms with E-state index in [9.17, 15) is 18.0 Å². The molecule has 0 aromatic heterocycles. The van der Waals surface area contributed by atoms with E-state index in [1.807, 2.05) is 0 Å². The van der Waals surface area contributed by atoms with Gasteiger partial charge in [0.05, 0.1) is 12.5 Å². The molecule has 0 saturated heterocycles. The van der Waals surface area contributed by atoms with Crippen molar-refractivity contribution in [3.05, 3.63) is 0 Å². The van der Waals surface area contributed by atoms with Crippen molar-refractivity contribution in [2.45, 2.75) is 44.3 Å². The molecule has 0 amide bonds. The van der Waals surface area contributed by atoms with Crippen LogP contribution in [0.3, 0.4) is 0 Å². The number of hydrogen-bond acceptors (Lipinski definition) is 3. The molecule has 0 bridgehead atoms. The number of rotatable bonds is 2. The van der Waals surface area contributed by atoms with E-state index in [-0.39, 0.29) is 32.3 Å². The lowest BCUT2D eigenvalue weighted by Gasteiger charge is -2.35. The highest BCUT2D eigenvalue weighted by Crippen LogP contribution is 2.40. The van der Waals surface area contributed by atoms with Gasteiger partial charge in [0.1, 0.15) is 5.54 Å². The molecular formula is C10H16F3NO2. The quantitative estimate of drug-likeness (QED) is 0.750. The molecule has 2 N–H and O–H groups in total. The Kier molecular flexibility index (Phi) is 3.83. The molecule has 16 heavy (non-hydrogen) atoms. The van der Waals surface area contributed by atoms with Crippen LogP contribution in [-0.4, -0.2) is 24.3 Å². The largest absolute Gasteiger partial charge is 0.465 e. The van der Waals surface area contributed by atoms with Gasteiger partial charge >= 0.3 is 12.1 Å². The second kappa shape index (κ2) is 4.61. The molecule has 0 spiro atoms. The first kappa shape index (κ1) is 13.3. The Morgan fingerprint density at radius 3 is 2.31 bits per heavy atom. The minimum atomic E-state index is -4.18. The minimum absolute atomic E-state index is 0.0377. The zero-order chi connectivity index (χ0) is 12.4. The van der Waals surface area contributed by atoms with Gasteiger partial charge in [-0.05, 0) is 32.6 Å². The summed E-state index contributed by atoms with van der Waals surface area (Å²) in [4.78, 5) is 11.4. The van der Waals surface area contributed by atoms with Crippen LogP contribution in [0.5, 0.6) is 0 Å². The van der Waals surface area contributed by atoms with Crippen LogP contribution in [0, 0.1) is 5.92 Å². The highest BCUT2D eigenvalue weighted by atomic mass is 19.4. The van der Waals surface area contributed by atoms with Crippen molar-refractivity contribution in [1.82, 2.24) is 0 Å². The third-order valence-corrected chi connectivity index (χ3v) is 3.02. The summed E-state index contributed by atoms with van der Waals surface area (Å²) in [6.07, 6.45) is -4.31. The first-order valence-electron chi connectivity index (χ1n) is 5.32. The van der Waals surface area contributed by atoms with Gasteiger partial charge in [-0.25, -0.2) is 0 Å². The Hall–Kier alpha value is -0.780. The Bertz CT molecular complexity index is 257. The molecular weight excluding hydrogens is 223 g/mol. The molecule has 1 aliphatic carbocycles. The van der Waals surface area contributed by atoms with Gasteiger partial charge < -0.3 is 10.5 Å². The van der Waals surface area contributed by atoms with Crippen LogP contribution in [0.15, 0.2) is 0 Å². The molecule has 94 valence electrons. The third-order valence-electron chi connectivity index (χ3n) is 3.02. The van der Waals surface area contributed by atoms with E-state index in [1.54, 1.807) is 6.92 Å². The number of carbonyl (C=O) groups is 1. The fourth-order valence-corrected chi connectivity index (χ4v) is 1.94. The van der Waals surface area contributed by atoms with Gasteiger partial charge in [-0.3, -0.25) is 4.79 Å². The molecule has 0 aromatic rings. The molecule has 6 heteroatoms. The normalized spacial score (nSPS) is 31.2. The van der Waals surface area contributed by atoms with Gasteiger partial charge in [-0.15, -0.1) is 0 Å². The molecule has 0 aromatic carbocycles. The Morgan fingerprint density at radius 1 is 1.44 bits per heavy atom. The number of hydrogen-bond donors (Lipinski definition) is 1. The lowest BCUT2D eigenvalue weighted by molar-refractivity contribution is -0.187. The number of nitrogens with two attached hydrogens (primary N) is 1. The zero-order valence-electron chi connectivity index (χ0n) is 9.14. The van der Waals surface area contributed by atoms with Gasteiger partial charge in [0.15, 0.2) is 0 Å². The van der Waals surface area contributed by atoms with Crippen molar-refractivity contribution in [1.29, 1.82) is 0 Å². The summed E-state index contributed by atoms with van der Waals surface area (Å²) >= 11 is 0. The van der Waals surface area contributed by atoms with Crippen LogP contribution < -0.4 is 5.73 Å². The predicted molar refractivity (Wildman–Crippen MR) is 51.6 cm³/mol. The number of ether oxygens (including phenoxy) is 1. The van der Waals surface area contributed by atoms with E-state index in [0.29, 0.717) is 0 Å². The molecule has 1 aliphatic rings. The topological polar surface area (TPSA) is 52.3 Å². The van der Waals surface area contributed by atoms with Crippen LogP contribution >= 0.6 is 0 Å². The summed E-state index contributed by atoms with van der Waals surface area (Å²) in [6, 6.07) is 0. The number of halogens is 3. The Morgan fingerprint density at radius 2 is 1.94 bits per heavy atom. The van der Waals surface area contributed by atoms with Crippen LogP contribution in [0.4, 0.5) is 13.2 Å². The van der Waals surface area contributed by atoms with Crippen molar-refractivity contribution < 1.29 is 22.7 Å². The van der Waals surface area contributed by atoms with Gasteiger partial charge in [-0.2, -0.15) is 13.2 Å². The molecule has 1 fully saturated rings. The van der Waals surface area contributed by atoms with Crippen LogP contribution in [0.25, 0.3) is 0 Å². The summed E-state index contributed by atoms with van der Waals surface area (Å²) in [7, 11) is 0. The van der Waals surface area contributed by atoms with E-state index in [4.69, 9.17) is 10.5 Å². The molecule has 0 heterocycles. The van der Waals surface area contributed by atoms with Gasteiger partial charge in [0.25, 0.3) is 0 Å². The molecule has 3 nitrogen and oxygen atoms in total. The molecule has 0 radical (unpaired) electrons. The average molecular weight is 239 g/mol. The summed E-state index contributed by atoms with van der Waals surface area (Å²) < 4.78 is 41.9. The molecule has 1 rings (SSSR count).